The van der Waals surface area contributed by atoms with Crippen LogP contribution in [0.1, 0.15) is 37.0 Å². The van der Waals surface area contributed by atoms with Crippen molar-refractivity contribution in [2.75, 3.05) is 5.32 Å². The number of pyridine rings is 1. The first-order valence-electron chi connectivity index (χ1n) is 12.9. The molecule has 200 valence electrons. The van der Waals surface area contributed by atoms with Crippen LogP contribution in [0.15, 0.2) is 91.0 Å². The van der Waals surface area contributed by atoms with Crippen LogP contribution in [0.3, 0.4) is 0 Å². The largest absolute Gasteiger partial charge is 0.456 e. The Labute approximate surface area is 234 Å². The van der Waals surface area contributed by atoms with E-state index >= 15 is 0 Å². The van der Waals surface area contributed by atoms with Gasteiger partial charge in [0.05, 0.1) is 10.6 Å². The third kappa shape index (κ3) is 5.05. The highest BCUT2D eigenvalue weighted by atomic mass is 32.1. The number of halogens is 1. The van der Waals surface area contributed by atoms with Gasteiger partial charge in [0.2, 0.25) is 5.95 Å². The van der Waals surface area contributed by atoms with E-state index in [1.807, 2.05) is 85.8 Å². The van der Waals surface area contributed by atoms with Gasteiger partial charge in [0, 0.05) is 5.39 Å². The maximum absolute atomic E-state index is 14.0. The Hall–Kier alpha value is -4.56. The van der Waals surface area contributed by atoms with Gasteiger partial charge in [0.15, 0.2) is 0 Å². The number of hydrogen-bond donors (Lipinski definition) is 1. The van der Waals surface area contributed by atoms with E-state index in [0.29, 0.717) is 22.4 Å². The summed E-state index contributed by atoms with van der Waals surface area (Å²) in [6, 6.07) is 28.3. The predicted molar refractivity (Wildman–Crippen MR) is 153 cm³/mol. The lowest BCUT2D eigenvalue weighted by Gasteiger charge is -2.15. The zero-order valence-electron chi connectivity index (χ0n) is 21.6. The number of aromatic nitrogens is 1. The van der Waals surface area contributed by atoms with Gasteiger partial charge < -0.3 is 9.47 Å². The lowest BCUT2D eigenvalue weighted by atomic mass is 9.99. The smallest absolute Gasteiger partial charge is 0.412 e. The number of thiophene rings is 1. The lowest BCUT2D eigenvalue weighted by molar-refractivity contribution is -0.136. The van der Waals surface area contributed by atoms with Crippen molar-refractivity contribution in [2.24, 2.45) is 0 Å². The van der Waals surface area contributed by atoms with Crippen LogP contribution in [0, 0.1) is 5.95 Å². The molecule has 3 aromatic carbocycles. The van der Waals surface area contributed by atoms with Gasteiger partial charge in [0.1, 0.15) is 16.5 Å². The van der Waals surface area contributed by atoms with Crippen molar-refractivity contribution < 1.29 is 23.5 Å². The average Bonchev–Trinajstić information content (AvgIpc) is 3.68. The van der Waals surface area contributed by atoms with Gasteiger partial charge in [-0.2, -0.15) is 4.39 Å². The average molecular weight is 553 g/mol. The fourth-order valence-corrected chi connectivity index (χ4v) is 5.95. The molecule has 1 aliphatic carbocycles. The van der Waals surface area contributed by atoms with Crippen LogP contribution in [0.4, 0.5) is 14.9 Å². The number of hydrogen-bond acceptors (Lipinski definition) is 6. The Kier molecular flexibility index (Phi) is 6.77. The Morgan fingerprint density at radius 1 is 0.950 bits per heavy atom. The predicted octanol–water partition coefficient (Wildman–Crippen LogP) is 8.24. The molecule has 1 N–H and O–H groups in total. The van der Waals surface area contributed by atoms with E-state index in [1.54, 1.807) is 6.07 Å². The molecule has 1 saturated carbocycles. The molecule has 0 aliphatic heterocycles. The van der Waals surface area contributed by atoms with Gasteiger partial charge in [0.25, 0.3) is 6.47 Å². The van der Waals surface area contributed by atoms with Gasteiger partial charge in [-0.3, -0.25) is 10.1 Å². The number of nitrogens with zero attached hydrogens (tertiary/aromatic N) is 1. The Bertz CT molecular complexity index is 1680. The number of rotatable bonds is 8. The summed E-state index contributed by atoms with van der Waals surface area (Å²) in [5.74, 6) is -0.586. The third-order valence-corrected chi connectivity index (χ3v) is 8.32. The molecule has 1 fully saturated rings. The molecule has 5 aromatic rings. The van der Waals surface area contributed by atoms with Crippen molar-refractivity contribution >= 4 is 39.8 Å². The number of fused-ring (bicyclic) bond motifs is 1. The van der Waals surface area contributed by atoms with Crippen LogP contribution in [0.5, 0.6) is 0 Å². The molecule has 6 nitrogen and oxygen atoms in total. The van der Waals surface area contributed by atoms with Gasteiger partial charge in [-0.25, -0.2) is 9.78 Å². The van der Waals surface area contributed by atoms with E-state index < -0.39 is 23.7 Å². The summed E-state index contributed by atoms with van der Waals surface area (Å²) in [5, 5.41) is 3.52. The molecule has 0 bridgehead atoms. The van der Waals surface area contributed by atoms with Crippen molar-refractivity contribution in [3.63, 3.8) is 0 Å². The first-order valence-corrected chi connectivity index (χ1v) is 13.7. The minimum atomic E-state index is -0.606. The standard InChI is InChI=1S/C32H25FN2O4S/c1-20(21-5-3-2-4-6-21)39-31(37)35-28-26-15-16-27(33)34-30(26)40-29(28)24-9-7-22(8-10-24)23-11-13-25(14-12-23)32(17-18-32)38-19-36/h2-16,19-20H,17-18H2,1H3,(H,35,37)/t20-/m1/s1. The molecule has 1 atom stereocenters. The second-order valence-corrected chi connectivity index (χ2v) is 10.7. The molecule has 1 amide bonds. The molecule has 0 unspecified atom stereocenters. The highest BCUT2D eigenvalue weighted by molar-refractivity contribution is 7.22. The monoisotopic (exact) mass is 552 g/mol. The molecular weight excluding hydrogens is 527 g/mol. The van der Waals surface area contributed by atoms with Crippen molar-refractivity contribution in [1.82, 2.24) is 4.98 Å². The first kappa shape index (κ1) is 25.7. The number of nitrogens with one attached hydrogen (secondary N) is 1. The van der Waals surface area contributed by atoms with Crippen molar-refractivity contribution in [3.8, 4) is 21.6 Å². The Balaban J connectivity index is 1.27. The highest BCUT2D eigenvalue weighted by Crippen LogP contribution is 2.49. The Morgan fingerprint density at radius 3 is 2.25 bits per heavy atom. The summed E-state index contributed by atoms with van der Waals surface area (Å²) >= 11 is 1.30. The van der Waals surface area contributed by atoms with Gasteiger partial charge in [-0.05, 0) is 59.7 Å². The summed E-state index contributed by atoms with van der Waals surface area (Å²) < 4.78 is 24.9. The van der Waals surface area contributed by atoms with Crippen molar-refractivity contribution in [1.29, 1.82) is 0 Å². The second-order valence-electron chi connectivity index (χ2n) is 9.74. The maximum Gasteiger partial charge on any atom is 0.412 e. The summed E-state index contributed by atoms with van der Waals surface area (Å²) in [7, 11) is 0. The fraction of sp³-hybridized carbons (Fsp3) is 0.156. The molecule has 40 heavy (non-hydrogen) atoms. The van der Waals surface area contributed by atoms with Crippen LogP contribution in [0.25, 0.3) is 31.8 Å². The normalized spacial score (nSPS) is 14.3. The van der Waals surface area contributed by atoms with E-state index in [1.165, 1.54) is 17.4 Å². The summed E-state index contributed by atoms with van der Waals surface area (Å²) in [6.07, 6.45) is 0.617. The summed E-state index contributed by atoms with van der Waals surface area (Å²) in [4.78, 5) is 29.0. The maximum atomic E-state index is 14.0. The SMILES string of the molecule is C[C@@H](OC(=O)Nc1c(-c2ccc(-c3ccc(C4(OC=O)CC4)cc3)cc2)sc2nc(F)ccc12)c1ccccc1. The Morgan fingerprint density at radius 2 is 1.60 bits per heavy atom. The molecule has 2 heterocycles. The molecule has 8 heteroatoms. The molecule has 0 radical (unpaired) electrons. The third-order valence-electron chi connectivity index (χ3n) is 7.17. The van der Waals surface area contributed by atoms with E-state index in [-0.39, 0.29) is 0 Å². The highest BCUT2D eigenvalue weighted by Gasteiger charge is 2.46. The van der Waals surface area contributed by atoms with Gasteiger partial charge in [-0.1, -0.05) is 78.9 Å². The van der Waals surface area contributed by atoms with Crippen LogP contribution in [-0.4, -0.2) is 17.5 Å². The lowest BCUT2D eigenvalue weighted by Crippen LogP contribution is -2.16. The number of carbonyl (C=O) groups excluding carboxylic acids is 2. The van der Waals surface area contributed by atoms with E-state index in [4.69, 9.17) is 9.47 Å². The second kappa shape index (κ2) is 10.5. The van der Waals surface area contributed by atoms with Gasteiger partial charge in [-0.15, -0.1) is 11.3 Å². The zero-order chi connectivity index (χ0) is 27.7. The van der Waals surface area contributed by atoms with Crippen molar-refractivity contribution in [2.45, 2.75) is 31.5 Å². The quantitative estimate of drug-likeness (QED) is 0.155. The van der Waals surface area contributed by atoms with Crippen LogP contribution >= 0.6 is 11.3 Å². The molecule has 1 aliphatic rings. The van der Waals surface area contributed by atoms with Gasteiger partial charge >= 0.3 is 6.09 Å². The molecule has 0 saturated heterocycles. The number of carbonyl (C=O) groups is 2. The van der Waals surface area contributed by atoms with E-state index in [2.05, 4.69) is 10.3 Å². The number of benzene rings is 3. The van der Waals surface area contributed by atoms with Crippen molar-refractivity contribution in [3.05, 3.63) is 108 Å². The first-order chi connectivity index (χ1) is 19.5. The fourth-order valence-electron chi connectivity index (χ4n) is 4.83. The number of anilines is 1. The molecule has 2 aromatic heterocycles. The number of ether oxygens (including phenoxy) is 2. The molecule has 6 rings (SSSR count). The number of amides is 1. The van der Waals surface area contributed by atoms with E-state index in [0.717, 1.165) is 45.5 Å². The topological polar surface area (TPSA) is 77.5 Å². The zero-order valence-corrected chi connectivity index (χ0v) is 22.4. The minimum absolute atomic E-state index is 0.449. The van der Waals surface area contributed by atoms with Crippen LogP contribution < -0.4 is 5.32 Å². The molecule has 0 spiro atoms. The van der Waals surface area contributed by atoms with Crippen LogP contribution in [-0.2, 0) is 19.9 Å². The summed E-state index contributed by atoms with van der Waals surface area (Å²) in [5.41, 5.74) is 4.81. The minimum Gasteiger partial charge on any atom is -0.456 e. The van der Waals surface area contributed by atoms with Crippen LogP contribution in [0.2, 0.25) is 0 Å². The summed E-state index contributed by atoms with van der Waals surface area (Å²) in [6.45, 7) is 2.33. The molecular formula is C32H25FN2O4S. The van der Waals surface area contributed by atoms with E-state index in [9.17, 15) is 14.0 Å².